The maximum absolute atomic E-state index is 12.5. The van der Waals surface area contributed by atoms with Crippen molar-refractivity contribution in [3.05, 3.63) is 95.2 Å². The first-order valence-electron chi connectivity index (χ1n) is 7.76. The molecule has 0 spiro atoms. The van der Waals surface area contributed by atoms with Gasteiger partial charge in [0.25, 0.3) is 5.56 Å². The molecule has 4 rings (SSSR count). The Labute approximate surface area is 139 Å². The van der Waals surface area contributed by atoms with Crippen LogP contribution >= 0.6 is 0 Å². The van der Waals surface area contributed by atoms with E-state index in [-0.39, 0.29) is 5.56 Å². The lowest BCUT2D eigenvalue weighted by atomic mass is 10.0. The molecule has 2 aromatic heterocycles. The van der Waals surface area contributed by atoms with Crippen LogP contribution in [0.25, 0.3) is 22.2 Å². The van der Waals surface area contributed by atoms with Gasteiger partial charge >= 0.3 is 0 Å². The fourth-order valence-corrected chi connectivity index (χ4v) is 2.73. The Morgan fingerprint density at radius 1 is 0.792 bits per heavy atom. The molecule has 0 bridgehead atoms. The summed E-state index contributed by atoms with van der Waals surface area (Å²) in [4.78, 5) is 20.9. The van der Waals surface area contributed by atoms with E-state index in [1.807, 2.05) is 30.3 Å². The summed E-state index contributed by atoms with van der Waals surface area (Å²) in [5.74, 6) is 0. The minimum absolute atomic E-state index is 0.118. The molecule has 0 radical (unpaired) electrons. The van der Waals surface area contributed by atoms with Crippen molar-refractivity contribution in [1.82, 2.24) is 14.5 Å². The fourth-order valence-electron chi connectivity index (χ4n) is 2.73. The largest absolute Gasteiger partial charge is 0.293 e. The smallest absolute Gasteiger partial charge is 0.280 e. The molecule has 0 saturated heterocycles. The number of hydrogen-bond donors (Lipinski definition) is 0. The summed E-state index contributed by atoms with van der Waals surface area (Å²) in [5.41, 5.74) is 4.29. The molecule has 0 saturated carbocycles. The van der Waals surface area contributed by atoms with Gasteiger partial charge in [-0.3, -0.25) is 9.36 Å². The molecular formula is C20H15N3O. The van der Waals surface area contributed by atoms with Crippen LogP contribution in [-0.4, -0.2) is 14.5 Å². The topological polar surface area (TPSA) is 47.8 Å². The Balaban J connectivity index is 1.64. The Morgan fingerprint density at radius 2 is 1.54 bits per heavy atom. The van der Waals surface area contributed by atoms with Gasteiger partial charge in [0.05, 0.1) is 18.4 Å². The molecule has 0 atom stereocenters. The maximum atomic E-state index is 12.5. The zero-order valence-electron chi connectivity index (χ0n) is 13.0. The van der Waals surface area contributed by atoms with Gasteiger partial charge in [-0.2, -0.15) is 0 Å². The molecule has 0 unspecified atom stereocenters. The predicted octanol–water partition coefficient (Wildman–Crippen LogP) is 3.51. The van der Waals surface area contributed by atoms with Gasteiger partial charge in [0.2, 0.25) is 0 Å². The number of rotatable bonds is 3. The van der Waals surface area contributed by atoms with Crippen LogP contribution in [0.3, 0.4) is 0 Å². The zero-order valence-corrected chi connectivity index (χ0v) is 13.0. The Bertz CT molecular complexity index is 1040. The molecule has 2 aromatic carbocycles. The van der Waals surface area contributed by atoms with Crippen molar-refractivity contribution < 1.29 is 0 Å². The van der Waals surface area contributed by atoms with Crippen LogP contribution in [0.15, 0.2) is 84.0 Å². The van der Waals surface area contributed by atoms with Crippen molar-refractivity contribution >= 4 is 11.0 Å². The van der Waals surface area contributed by atoms with Crippen molar-refractivity contribution in [2.24, 2.45) is 0 Å². The summed E-state index contributed by atoms with van der Waals surface area (Å²) < 4.78 is 1.59. The Hall–Kier alpha value is -3.27. The van der Waals surface area contributed by atoms with Crippen LogP contribution in [0.4, 0.5) is 0 Å². The number of pyridine rings is 1. The van der Waals surface area contributed by atoms with E-state index in [4.69, 9.17) is 0 Å². The fraction of sp³-hybridized carbons (Fsp3) is 0.0500. The molecule has 0 aliphatic carbocycles. The van der Waals surface area contributed by atoms with Crippen molar-refractivity contribution in [2.45, 2.75) is 6.54 Å². The quantitative estimate of drug-likeness (QED) is 0.581. The van der Waals surface area contributed by atoms with Gasteiger partial charge < -0.3 is 0 Å². The zero-order chi connectivity index (χ0) is 16.4. The first-order chi connectivity index (χ1) is 11.8. The summed E-state index contributed by atoms with van der Waals surface area (Å²) in [5, 5.41) is 0. The standard InChI is InChI=1S/C20H15N3O/c24-20-19-18(7-4-12-21-19)22-14-23(20)13-15-8-10-17(11-9-15)16-5-2-1-3-6-16/h1-12,14H,13H2. The van der Waals surface area contributed by atoms with E-state index >= 15 is 0 Å². The third kappa shape index (κ3) is 2.70. The minimum Gasteiger partial charge on any atom is -0.293 e. The molecule has 116 valence electrons. The number of hydrogen-bond acceptors (Lipinski definition) is 3. The molecule has 0 N–H and O–H groups in total. The number of aromatic nitrogens is 3. The highest BCUT2D eigenvalue weighted by molar-refractivity contribution is 5.72. The summed E-state index contributed by atoms with van der Waals surface area (Å²) in [7, 11) is 0. The highest BCUT2D eigenvalue weighted by Crippen LogP contribution is 2.19. The summed E-state index contributed by atoms with van der Waals surface area (Å²) >= 11 is 0. The lowest BCUT2D eigenvalue weighted by molar-refractivity contribution is 0.746. The molecular weight excluding hydrogens is 298 g/mol. The van der Waals surface area contributed by atoms with Gasteiger partial charge in [0.1, 0.15) is 0 Å². The van der Waals surface area contributed by atoms with E-state index in [1.165, 1.54) is 5.56 Å². The third-order valence-corrected chi connectivity index (χ3v) is 4.00. The third-order valence-electron chi connectivity index (χ3n) is 4.00. The van der Waals surface area contributed by atoms with E-state index in [1.54, 1.807) is 29.2 Å². The van der Waals surface area contributed by atoms with Crippen LogP contribution in [-0.2, 0) is 6.54 Å². The first kappa shape index (κ1) is 14.3. The van der Waals surface area contributed by atoms with Crippen LogP contribution in [0.5, 0.6) is 0 Å². The van der Waals surface area contributed by atoms with Gasteiger partial charge in [-0.05, 0) is 28.8 Å². The Kier molecular flexibility index (Phi) is 3.63. The van der Waals surface area contributed by atoms with Gasteiger partial charge in [-0.1, -0.05) is 54.6 Å². The van der Waals surface area contributed by atoms with Gasteiger partial charge in [-0.15, -0.1) is 0 Å². The summed E-state index contributed by atoms with van der Waals surface area (Å²) in [6.07, 6.45) is 3.20. The van der Waals surface area contributed by atoms with Crippen molar-refractivity contribution in [1.29, 1.82) is 0 Å². The van der Waals surface area contributed by atoms with Crippen molar-refractivity contribution in [2.75, 3.05) is 0 Å². The molecule has 4 heteroatoms. The molecule has 0 aliphatic heterocycles. The van der Waals surface area contributed by atoms with Gasteiger partial charge in [-0.25, -0.2) is 9.97 Å². The second kappa shape index (κ2) is 6.08. The van der Waals surface area contributed by atoms with E-state index in [0.717, 1.165) is 11.1 Å². The lowest BCUT2D eigenvalue weighted by Crippen LogP contribution is -2.21. The summed E-state index contributed by atoms with van der Waals surface area (Å²) in [6.45, 7) is 0.480. The van der Waals surface area contributed by atoms with Crippen LogP contribution in [0, 0.1) is 0 Å². The van der Waals surface area contributed by atoms with Crippen molar-refractivity contribution in [3.8, 4) is 11.1 Å². The van der Waals surface area contributed by atoms with E-state index in [9.17, 15) is 4.79 Å². The van der Waals surface area contributed by atoms with E-state index in [2.05, 4.69) is 34.2 Å². The van der Waals surface area contributed by atoms with Gasteiger partial charge in [0, 0.05) is 6.20 Å². The molecule has 4 nitrogen and oxygen atoms in total. The average Bonchev–Trinajstić information content (AvgIpc) is 2.66. The average molecular weight is 313 g/mol. The van der Waals surface area contributed by atoms with E-state index in [0.29, 0.717) is 17.6 Å². The minimum atomic E-state index is -0.118. The first-order valence-corrected chi connectivity index (χ1v) is 7.76. The molecule has 0 aliphatic rings. The van der Waals surface area contributed by atoms with Crippen LogP contribution < -0.4 is 5.56 Å². The number of fused-ring (bicyclic) bond motifs is 1. The number of nitrogens with zero attached hydrogens (tertiary/aromatic N) is 3. The second-order valence-electron chi connectivity index (χ2n) is 5.61. The maximum Gasteiger partial charge on any atom is 0.280 e. The monoisotopic (exact) mass is 313 g/mol. The number of benzene rings is 2. The lowest BCUT2D eigenvalue weighted by Gasteiger charge is -2.07. The molecule has 2 heterocycles. The molecule has 0 amide bonds. The van der Waals surface area contributed by atoms with Crippen LogP contribution in [0.1, 0.15) is 5.56 Å². The summed E-state index contributed by atoms with van der Waals surface area (Å²) in [6, 6.07) is 22.0. The molecule has 0 fully saturated rings. The highest BCUT2D eigenvalue weighted by Gasteiger charge is 2.05. The second-order valence-corrected chi connectivity index (χ2v) is 5.61. The normalized spacial score (nSPS) is 10.8. The van der Waals surface area contributed by atoms with E-state index < -0.39 is 0 Å². The Morgan fingerprint density at radius 3 is 2.33 bits per heavy atom. The van der Waals surface area contributed by atoms with Gasteiger partial charge in [0.15, 0.2) is 5.52 Å². The molecule has 24 heavy (non-hydrogen) atoms. The molecule has 4 aromatic rings. The SMILES string of the molecule is O=c1c2ncccc2ncn1Cc1ccc(-c2ccccc2)cc1. The highest BCUT2D eigenvalue weighted by atomic mass is 16.1. The van der Waals surface area contributed by atoms with Crippen molar-refractivity contribution in [3.63, 3.8) is 0 Å². The predicted molar refractivity (Wildman–Crippen MR) is 94.8 cm³/mol. The van der Waals surface area contributed by atoms with Crippen LogP contribution in [0.2, 0.25) is 0 Å².